The minimum Gasteiger partial charge on any atom is -0.477 e. The van der Waals surface area contributed by atoms with Crippen molar-refractivity contribution in [2.75, 3.05) is 12.4 Å². The summed E-state index contributed by atoms with van der Waals surface area (Å²) in [6, 6.07) is 0. The first-order valence-corrected chi connectivity index (χ1v) is 9.80. The van der Waals surface area contributed by atoms with Crippen LogP contribution in [0.3, 0.4) is 0 Å². The number of amides is 1. The number of carbonyl (C=O) groups excluding carboxylic acids is 1. The van der Waals surface area contributed by atoms with E-state index in [4.69, 9.17) is 17.3 Å². The molecule has 6 heteroatoms. The third-order valence-corrected chi connectivity index (χ3v) is 6.35. The van der Waals surface area contributed by atoms with E-state index < -0.39 is 5.97 Å². The van der Waals surface area contributed by atoms with Gasteiger partial charge in [0.2, 0.25) is 0 Å². The summed E-state index contributed by atoms with van der Waals surface area (Å²) in [5, 5.41) is 8.89. The zero-order chi connectivity index (χ0) is 18.8. The van der Waals surface area contributed by atoms with Gasteiger partial charge in [-0.05, 0) is 49.7 Å². The number of nitrogens with zero attached hydrogens (tertiary/aromatic N) is 1. The summed E-state index contributed by atoms with van der Waals surface area (Å²) < 4.78 is 0. The second-order valence-electron chi connectivity index (χ2n) is 7.28. The lowest BCUT2D eigenvalue weighted by molar-refractivity contribution is -0.129. The molecule has 25 heavy (non-hydrogen) atoms. The predicted molar refractivity (Wildman–Crippen MR) is 107 cm³/mol. The average molecular weight is 380 g/mol. The van der Waals surface area contributed by atoms with Gasteiger partial charge in [0.05, 0.1) is 17.3 Å². The Morgan fingerprint density at radius 1 is 1.44 bits per heavy atom. The molecule has 0 saturated carbocycles. The maximum atomic E-state index is 12.5. The highest BCUT2D eigenvalue weighted by Crippen LogP contribution is 2.41. The number of carboxylic acid groups (broad SMARTS) is 1. The number of allylic oxidation sites excluding steroid dienone is 5. The summed E-state index contributed by atoms with van der Waals surface area (Å²) in [5.41, 5.74) is 3.86. The number of thioether (sulfide) groups is 1. The molecule has 0 aromatic heterocycles. The number of carboxylic acids is 1. The van der Waals surface area contributed by atoms with E-state index in [1.54, 1.807) is 0 Å². The molecule has 4 nitrogen and oxygen atoms in total. The Balaban J connectivity index is 2.17. The van der Waals surface area contributed by atoms with Crippen molar-refractivity contribution in [3.05, 3.63) is 33.8 Å². The van der Waals surface area contributed by atoms with Crippen LogP contribution < -0.4 is 0 Å². The van der Waals surface area contributed by atoms with E-state index in [9.17, 15) is 9.59 Å². The van der Waals surface area contributed by atoms with Gasteiger partial charge in [0.25, 0.3) is 5.91 Å². The Kier molecular flexibility index (Phi) is 6.27. The second kappa shape index (κ2) is 7.87. The molecule has 1 aliphatic carbocycles. The zero-order valence-electron chi connectivity index (χ0n) is 15.2. The first-order valence-electron chi connectivity index (χ1n) is 8.41. The average Bonchev–Trinajstić information content (AvgIpc) is 2.87. The van der Waals surface area contributed by atoms with Gasteiger partial charge in [-0.15, -0.1) is 0 Å². The van der Waals surface area contributed by atoms with Crippen molar-refractivity contribution in [3.63, 3.8) is 0 Å². The summed E-state index contributed by atoms with van der Waals surface area (Å²) >= 11 is 6.25. The van der Waals surface area contributed by atoms with Crippen molar-refractivity contribution in [2.24, 2.45) is 5.41 Å². The van der Waals surface area contributed by atoms with Crippen molar-refractivity contribution in [2.45, 2.75) is 47.0 Å². The third-order valence-electron chi connectivity index (χ3n) is 4.82. The van der Waals surface area contributed by atoms with Gasteiger partial charge >= 0.3 is 5.97 Å². The molecule has 0 atom stereocenters. The molecule has 1 fully saturated rings. The number of hydrogen-bond acceptors (Lipinski definition) is 4. The standard InChI is InChI=1S/C19H25NO3S2/c1-12-6-5-9-19(3,4)14(12)8-7-13(2)16-17(21)20(11-25-16)10-15(24)18(22)23/h7-8H,5-6,9-11H2,1-4H3,(H,22,23). The van der Waals surface area contributed by atoms with E-state index in [0.29, 0.717) is 10.8 Å². The summed E-state index contributed by atoms with van der Waals surface area (Å²) in [4.78, 5) is 25.4. The maximum absolute atomic E-state index is 12.5. The van der Waals surface area contributed by atoms with Crippen molar-refractivity contribution < 1.29 is 14.7 Å². The van der Waals surface area contributed by atoms with Crippen LogP contribution in [0.5, 0.6) is 0 Å². The van der Waals surface area contributed by atoms with Gasteiger partial charge in [-0.3, -0.25) is 4.79 Å². The molecule has 0 bridgehead atoms. The predicted octanol–water partition coefficient (Wildman–Crippen LogP) is 4.33. The van der Waals surface area contributed by atoms with Crippen LogP contribution >= 0.6 is 24.0 Å². The van der Waals surface area contributed by atoms with Crippen LogP contribution in [-0.2, 0) is 9.59 Å². The molecule has 0 spiro atoms. The molecule has 2 aliphatic rings. The van der Waals surface area contributed by atoms with E-state index in [1.165, 1.54) is 40.6 Å². The molecule has 1 aliphatic heterocycles. The van der Waals surface area contributed by atoms with Crippen LogP contribution in [0.2, 0.25) is 0 Å². The fraction of sp³-hybridized carbons (Fsp3) is 0.526. The molecular weight excluding hydrogens is 354 g/mol. The number of carbonyl (C=O) groups is 2. The fourth-order valence-corrected chi connectivity index (χ4v) is 4.54. The summed E-state index contributed by atoms with van der Waals surface area (Å²) in [5.74, 6) is -0.826. The summed E-state index contributed by atoms with van der Waals surface area (Å²) in [6.07, 6.45) is 7.70. The van der Waals surface area contributed by atoms with Crippen molar-refractivity contribution in [3.8, 4) is 0 Å². The van der Waals surface area contributed by atoms with Crippen LogP contribution in [0.15, 0.2) is 33.8 Å². The largest absolute Gasteiger partial charge is 0.477 e. The van der Waals surface area contributed by atoms with Gasteiger partial charge in [0, 0.05) is 0 Å². The van der Waals surface area contributed by atoms with Gasteiger partial charge in [0.1, 0.15) is 4.86 Å². The van der Waals surface area contributed by atoms with Crippen molar-refractivity contribution >= 4 is 40.7 Å². The summed E-state index contributed by atoms with van der Waals surface area (Å²) in [7, 11) is 0. The van der Waals surface area contributed by atoms with Gasteiger partial charge in [-0.25, -0.2) is 4.79 Å². The lowest BCUT2D eigenvalue weighted by atomic mass is 9.72. The third kappa shape index (κ3) is 4.61. The number of hydrogen-bond donors (Lipinski definition) is 1. The van der Waals surface area contributed by atoms with Crippen LogP contribution in [0.4, 0.5) is 0 Å². The molecule has 1 saturated heterocycles. The Bertz CT molecular complexity index is 701. The minimum atomic E-state index is -1.14. The normalized spacial score (nSPS) is 22.7. The fourth-order valence-electron chi connectivity index (χ4n) is 3.34. The molecule has 0 aromatic rings. The van der Waals surface area contributed by atoms with Crippen molar-refractivity contribution in [1.82, 2.24) is 4.90 Å². The first-order chi connectivity index (χ1) is 11.6. The van der Waals surface area contributed by atoms with Crippen LogP contribution in [-0.4, -0.2) is 39.2 Å². The van der Waals surface area contributed by atoms with Gasteiger partial charge in [-0.1, -0.05) is 55.6 Å². The first kappa shape index (κ1) is 19.9. The highest BCUT2D eigenvalue weighted by atomic mass is 32.2. The van der Waals surface area contributed by atoms with E-state index in [-0.39, 0.29) is 22.7 Å². The highest BCUT2D eigenvalue weighted by Gasteiger charge is 2.30. The number of aliphatic carboxylic acids is 1. The number of rotatable bonds is 5. The summed E-state index contributed by atoms with van der Waals surface area (Å²) in [6.45, 7) is 8.65. The molecule has 2 rings (SSSR count). The van der Waals surface area contributed by atoms with E-state index in [1.807, 2.05) is 13.0 Å². The molecule has 0 radical (unpaired) electrons. The molecule has 0 aromatic carbocycles. The molecule has 1 N–H and O–H groups in total. The Morgan fingerprint density at radius 2 is 2.12 bits per heavy atom. The molecule has 1 heterocycles. The second-order valence-corrected chi connectivity index (χ2v) is 8.73. The Labute approximate surface area is 159 Å². The molecule has 1 amide bonds. The van der Waals surface area contributed by atoms with E-state index >= 15 is 0 Å². The molecular formula is C19H25NO3S2. The van der Waals surface area contributed by atoms with Gasteiger partial charge < -0.3 is 10.0 Å². The van der Waals surface area contributed by atoms with Crippen LogP contribution in [0, 0.1) is 5.41 Å². The highest BCUT2D eigenvalue weighted by molar-refractivity contribution is 8.04. The molecule has 136 valence electrons. The van der Waals surface area contributed by atoms with Crippen molar-refractivity contribution in [1.29, 1.82) is 0 Å². The smallest absolute Gasteiger partial charge is 0.344 e. The number of thiocarbonyl (C=S) groups is 1. The lowest BCUT2D eigenvalue weighted by Gasteiger charge is -2.33. The lowest BCUT2D eigenvalue weighted by Crippen LogP contribution is -2.33. The minimum absolute atomic E-state index is 0.00567. The quantitative estimate of drug-likeness (QED) is 0.569. The Hall–Kier alpha value is -1.40. The van der Waals surface area contributed by atoms with Crippen LogP contribution in [0.1, 0.15) is 47.0 Å². The van der Waals surface area contributed by atoms with Gasteiger partial charge in [-0.2, -0.15) is 0 Å². The Morgan fingerprint density at radius 3 is 2.72 bits per heavy atom. The van der Waals surface area contributed by atoms with Gasteiger partial charge in [0.15, 0.2) is 0 Å². The van der Waals surface area contributed by atoms with E-state index in [2.05, 4.69) is 26.8 Å². The van der Waals surface area contributed by atoms with Crippen LogP contribution in [0.25, 0.3) is 0 Å². The topological polar surface area (TPSA) is 57.6 Å². The zero-order valence-corrected chi connectivity index (χ0v) is 16.9. The monoisotopic (exact) mass is 379 g/mol. The molecule has 0 unspecified atom stereocenters. The van der Waals surface area contributed by atoms with E-state index in [0.717, 1.165) is 12.0 Å². The maximum Gasteiger partial charge on any atom is 0.344 e. The SMILES string of the molecule is CC(C=CC1=C(C)CCCC1(C)C)=C1SCN(CC(=S)C(=O)O)C1=O.